The molecule has 1 atom stereocenters. The van der Waals surface area contributed by atoms with Crippen LogP contribution in [-0.4, -0.2) is 17.0 Å². The number of hydrogen-bond acceptors (Lipinski definition) is 3. The highest BCUT2D eigenvalue weighted by molar-refractivity contribution is 9.11. The van der Waals surface area contributed by atoms with E-state index in [0.717, 1.165) is 8.95 Å². The number of hydrogen-bond donors (Lipinski definition) is 1. The molecule has 1 aromatic heterocycles. The second kappa shape index (κ2) is 6.85. The highest BCUT2D eigenvalue weighted by Crippen LogP contribution is 2.29. The van der Waals surface area contributed by atoms with E-state index in [1.807, 2.05) is 12.1 Å². The molecule has 1 N–H and O–H groups in total. The average Bonchev–Trinajstić information content (AvgIpc) is 2.43. The fourth-order valence-corrected chi connectivity index (χ4v) is 2.62. The second-order valence-electron chi connectivity index (χ2n) is 4.04. The van der Waals surface area contributed by atoms with Crippen LogP contribution >= 0.6 is 31.9 Å². The molecule has 4 nitrogen and oxygen atoms in total. The number of amides is 1. The number of ether oxygens (including phenoxy) is 1. The molecule has 2 aromatic rings. The molecule has 104 valence electrons. The molecule has 1 aromatic carbocycles. The summed E-state index contributed by atoms with van der Waals surface area (Å²) in [7, 11) is 0. The number of benzene rings is 1. The Morgan fingerprint density at radius 3 is 2.75 bits per heavy atom. The number of carbonyl (C=O) groups excluding carboxylic acids is 1. The predicted molar refractivity (Wildman–Crippen MR) is 84.8 cm³/mol. The summed E-state index contributed by atoms with van der Waals surface area (Å²) in [5.41, 5.74) is 0. The first kappa shape index (κ1) is 15.0. The molecule has 0 saturated carbocycles. The summed E-state index contributed by atoms with van der Waals surface area (Å²) in [6.45, 7) is 1.69. The average molecular weight is 400 g/mol. The number of rotatable bonds is 4. The predicted octanol–water partition coefficient (Wildman–Crippen LogP) is 4.01. The van der Waals surface area contributed by atoms with Gasteiger partial charge in [0.05, 0.1) is 4.47 Å². The van der Waals surface area contributed by atoms with Gasteiger partial charge >= 0.3 is 0 Å². The van der Waals surface area contributed by atoms with Crippen LogP contribution in [0.25, 0.3) is 0 Å². The van der Waals surface area contributed by atoms with Crippen LogP contribution in [0.2, 0.25) is 0 Å². The summed E-state index contributed by atoms with van der Waals surface area (Å²) < 4.78 is 7.34. The smallest absolute Gasteiger partial charge is 0.266 e. The third-order valence-corrected chi connectivity index (χ3v) is 3.60. The maximum Gasteiger partial charge on any atom is 0.266 e. The molecule has 1 heterocycles. The molecule has 20 heavy (non-hydrogen) atoms. The number of nitrogens with zero attached hydrogens (tertiary/aromatic N) is 1. The fraction of sp³-hybridized carbons (Fsp3) is 0.143. The van der Waals surface area contributed by atoms with Crippen molar-refractivity contribution < 1.29 is 9.53 Å². The van der Waals surface area contributed by atoms with Gasteiger partial charge in [0.1, 0.15) is 11.6 Å². The summed E-state index contributed by atoms with van der Waals surface area (Å²) in [6, 6.07) is 10.8. The molecule has 2 rings (SSSR count). The van der Waals surface area contributed by atoms with E-state index in [0.29, 0.717) is 11.6 Å². The molecule has 1 amide bonds. The van der Waals surface area contributed by atoms with Gasteiger partial charge in [-0.15, -0.1) is 0 Å². The molecule has 0 aliphatic rings. The Hall–Kier alpha value is -1.40. The Balaban J connectivity index is 2.00. The Bertz CT molecular complexity index is 605. The summed E-state index contributed by atoms with van der Waals surface area (Å²) in [5, 5.41) is 2.69. The first-order valence-corrected chi connectivity index (χ1v) is 7.48. The summed E-state index contributed by atoms with van der Waals surface area (Å²) in [4.78, 5) is 16.0. The van der Waals surface area contributed by atoms with Gasteiger partial charge in [0.25, 0.3) is 5.91 Å². The first-order valence-electron chi connectivity index (χ1n) is 5.90. The van der Waals surface area contributed by atoms with E-state index < -0.39 is 6.10 Å². The molecular formula is C14H12Br2N2O2. The minimum atomic E-state index is -0.630. The van der Waals surface area contributed by atoms with Gasteiger partial charge in [-0.25, -0.2) is 4.98 Å². The largest absolute Gasteiger partial charge is 0.480 e. The lowest BCUT2D eigenvalue weighted by Gasteiger charge is -2.15. The van der Waals surface area contributed by atoms with Gasteiger partial charge < -0.3 is 10.1 Å². The molecule has 0 saturated heterocycles. The molecule has 6 heteroatoms. The lowest BCUT2D eigenvalue weighted by Crippen LogP contribution is -2.30. The van der Waals surface area contributed by atoms with Gasteiger partial charge in [-0.3, -0.25) is 4.79 Å². The van der Waals surface area contributed by atoms with Crippen LogP contribution < -0.4 is 10.1 Å². The molecular weight excluding hydrogens is 388 g/mol. The number of pyridine rings is 1. The standard InChI is InChI=1S/C14H12Br2N2O2/c1-9(14(19)18-13-4-2-3-7-17-13)20-12-6-5-10(15)8-11(12)16/h2-9H,1H3,(H,17,18,19). The highest BCUT2D eigenvalue weighted by Gasteiger charge is 2.16. The number of anilines is 1. The maximum absolute atomic E-state index is 12.0. The Labute approximate surface area is 133 Å². The summed E-state index contributed by atoms with van der Waals surface area (Å²) in [6.07, 6.45) is 0.987. The van der Waals surface area contributed by atoms with E-state index in [1.54, 1.807) is 37.4 Å². The van der Waals surface area contributed by atoms with Crippen molar-refractivity contribution in [2.24, 2.45) is 0 Å². The summed E-state index contributed by atoms with van der Waals surface area (Å²) >= 11 is 6.76. The Morgan fingerprint density at radius 1 is 1.30 bits per heavy atom. The van der Waals surface area contributed by atoms with Crippen LogP contribution in [0.3, 0.4) is 0 Å². The topological polar surface area (TPSA) is 51.2 Å². The zero-order chi connectivity index (χ0) is 14.5. The van der Waals surface area contributed by atoms with Crippen molar-refractivity contribution in [2.45, 2.75) is 13.0 Å². The van der Waals surface area contributed by atoms with Crippen molar-refractivity contribution in [1.82, 2.24) is 4.98 Å². The summed E-state index contributed by atoms with van der Waals surface area (Å²) in [5.74, 6) is 0.859. The second-order valence-corrected chi connectivity index (χ2v) is 5.81. The quantitative estimate of drug-likeness (QED) is 0.844. The maximum atomic E-state index is 12.0. The number of aromatic nitrogens is 1. The van der Waals surface area contributed by atoms with Crippen LogP contribution in [0.1, 0.15) is 6.92 Å². The van der Waals surface area contributed by atoms with Gasteiger partial charge in [-0.2, -0.15) is 0 Å². The zero-order valence-corrected chi connectivity index (χ0v) is 13.8. The van der Waals surface area contributed by atoms with Crippen LogP contribution in [0.4, 0.5) is 5.82 Å². The zero-order valence-electron chi connectivity index (χ0n) is 10.6. The fourth-order valence-electron chi connectivity index (χ4n) is 1.48. The van der Waals surface area contributed by atoms with E-state index in [2.05, 4.69) is 42.2 Å². The molecule has 0 aliphatic heterocycles. The van der Waals surface area contributed by atoms with Crippen molar-refractivity contribution in [1.29, 1.82) is 0 Å². The van der Waals surface area contributed by atoms with Crippen LogP contribution in [0.15, 0.2) is 51.5 Å². The highest BCUT2D eigenvalue weighted by atomic mass is 79.9. The molecule has 0 aliphatic carbocycles. The lowest BCUT2D eigenvalue weighted by molar-refractivity contribution is -0.122. The van der Waals surface area contributed by atoms with E-state index >= 15 is 0 Å². The molecule has 0 bridgehead atoms. The Morgan fingerprint density at radius 2 is 2.10 bits per heavy atom. The van der Waals surface area contributed by atoms with Crippen molar-refractivity contribution in [2.75, 3.05) is 5.32 Å². The SMILES string of the molecule is CC(Oc1ccc(Br)cc1Br)C(=O)Nc1ccccn1. The minimum absolute atomic E-state index is 0.251. The normalized spacial score (nSPS) is 11.8. The molecule has 0 spiro atoms. The third kappa shape index (κ3) is 4.05. The first-order chi connectivity index (χ1) is 9.56. The lowest BCUT2D eigenvalue weighted by atomic mass is 10.3. The molecule has 0 radical (unpaired) electrons. The van der Waals surface area contributed by atoms with E-state index in [9.17, 15) is 4.79 Å². The number of halogens is 2. The number of nitrogens with one attached hydrogen (secondary N) is 1. The van der Waals surface area contributed by atoms with Crippen LogP contribution in [-0.2, 0) is 4.79 Å². The van der Waals surface area contributed by atoms with Gasteiger partial charge in [0.2, 0.25) is 0 Å². The molecule has 0 fully saturated rings. The van der Waals surface area contributed by atoms with Crippen LogP contribution in [0, 0.1) is 0 Å². The van der Waals surface area contributed by atoms with E-state index in [4.69, 9.17) is 4.74 Å². The third-order valence-electron chi connectivity index (χ3n) is 2.48. The molecule has 1 unspecified atom stereocenters. The van der Waals surface area contributed by atoms with E-state index in [1.165, 1.54) is 0 Å². The van der Waals surface area contributed by atoms with Crippen molar-refractivity contribution >= 4 is 43.6 Å². The van der Waals surface area contributed by atoms with Crippen LogP contribution in [0.5, 0.6) is 5.75 Å². The van der Waals surface area contributed by atoms with Gasteiger partial charge in [-0.1, -0.05) is 22.0 Å². The van der Waals surface area contributed by atoms with Gasteiger partial charge in [0.15, 0.2) is 6.10 Å². The van der Waals surface area contributed by atoms with Crippen molar-refractivity contribution in [3.05, 3.63) is 51.5 Å². The monoisotopic (exact) mass is 398 g/mol. The minimum Gasteiger partial charge on any atom is -0.480 e. The number of carbonyl (C=O) groups is 1. The van der Waals surface area contributed by atoms with Crippen molar-refractivity contribution in [3.63, 3.8) is 0 Å². The van der Waals surface area contributed by atoms with Gasteiger partial charge in [-0.05, 0) is 53.2 Å². The van der Waals surface area contributed by atoms with E-state index in [-0.39, 0.29) is 5.91 Å². The van der Waals surface area contributed by atoms with Crippen molar-refractivity contribution in [3.8, 4) is 5.75 Å². The van der Waals surface area contributed by atoms with Gasteiger partial charge in [0, 0.05) is 10.7 Å². The Kier molecular flexibility index (Phi) is 5.14.